The largest absolute Gasteiger partial charge is 0.322 e. The van der Waals surface area contributed by atoms with Gasteiger partial charge >= 0.3 is 0 Å². The number of nitrogens with zero attached hydrogens (tertiary/aromatic N) is 1. The maximum absolute atomic E-state index is 13.4. The second-order valence-corrected chi connectivity index (χ2v) is 6.61. The van der Waals surface area contributed by atoms with E-state index < -0.39 is 0 Å². The van der Waals surface area contributed by atoms with Crippen molar-refractivity contribution < 1.29 is 4.39 Å². The molecule has 0 saturated carbocycles. The summed E-state index contributed by atoms with van der Waals surface area (Å²) >= 11 is 10.0. The molecule has 0 radical (unpaired) electrons. The van der Waals surface area contributed by atoms with E-state index in [0.29, 0.717) is 10.9 Å². The summed E-state index contributed by atoms with van der Waals surface area (Å²) in [4.78, 5) is 4.30. The predicted molar refractivity (Wildman–Crippen MR) is 84.4 cm³/mol. The minimum atomic E-state index is -0.305. The first-order valence-electron chi connectivity index (χ1n) is 5.48. The predicted octanol–water partition coefficient (Wildman–Crippen LogP) is 4.75. The van der Waals surface area contributed by atoms with Crippen molar-refractivity contribution >= 4 is 47.8 Å². The molecule has 1 aromatic heterocycles. The van der Waals surface area contributed by atoms with Crippen LogP contribution < -0.4 is 5.73 Å². The molecule has 0 spiro atoms. The molecular formula is C13H10Br3FN2. The first-order valence-corrected chi connectivity index (χ1v) is 7.86. The molecule has 0 bridgehead atoms. The van der Waals surface area contributed by atoms with E-state index in [-0.39, 0.29) is 11.9 Å². The van der Waals surface area contributed by atoms with Crippen LogP contribution in [0.4, 0.5) is 4.39 Å². The Hall–Kier alpha value is -0.300. The minimum absolute atomic E-state index is 0.285. The Morgan fingerprint density at radius 3 is 2.68 bits per heavy atom. The van der Waals surface area contributed by atoms with E-state index in [4.69, 9.17) is 5.73 Å². The molecular weight excluding hydrogens is 443 g/mol. The molecule has 0 amide bonds. The van der Waals surface area contributed by atoms with Crippen molar-refractivity contribution in [3.63, 3.8) is 0 Å². The van der Waals surface area contributed by atoms with Gasteiger partial charge in [0.2, 0.25) is 0 Å². The number of hydrogen-bond acceptors (Lipinski definition) is 2. The molecule has 0 aliphatic carbocycles. The Morgan fingerprint density at radius 1 is 1.26 bits per heavy atom. The Morgan fingerprint density at radius 2 is 2.00 bits per heavy atom. The highest BCUT2D eigenvalue weighted by atomic mass is 79.9. The van der Waals surface area contributed by atoms with Gasteiger partial charge in [-0.15, -0.1) is 0 Å². The first-order chi connectivity index (χ1) is 8.99. The molecule has 1 aromatic carbocycles. The highest BCUT2D eigenvalue weighted by Crippen LogP contribution is 2.28. The molecule has 100 valence electrons. The highest BCUT2D eigenvalue weighted by Gasteiger charge is 2.15. The van der Waals surface area contributed by atoms with Crippen molar-refractivity contribution in [2.24, 2.45) is 5.73 Å². The number of benzene rings is 1. The number of rotatable bonds is 3. The third-order valence-electron chi connectivity index (χ3n) is 2.66. The minimum Gasteiger partial charge on any atom is -0.322 e. The van der Waals surface area contributed by atoms with E-state index in [9.17, 15) is 4.39 Å². The number of hydrogen-bond donors (Lipinski definition) is 1. The lowest BCUT2D eigenvalue weighted by Crippen LogP contribution is -2.16. The van der Waals surface area contributed by atoms with Gasteiger partial charge in [-0.25, -0.2) is 4.39 Å². The van der Waals surface area contributed by atoms with Crippen molar-refractivity contribution in [1.29, 1.82) is 0 Å². The van der Waals surface area contributed by atoms with Crippen molar-refractivity contribution in [3.8, 4) is 0 Å². The van der Waals surface area contributed by atoms with Gasteiger partial charge in [-0.1, -0.05) is 12.1 Å². The van der Waals surface area contributed by atoms with Crippen LogP contribution >= 0.6 is 47.8 Å². The normalized spacial score (nSPS) is 12.5. The zero-order valence-electron chi connectivity index (χ0n) is 9.71. The zero-order valence-corrected chi connectivity index (χ0v) is 14.5. The summed E-state index contributed by atoms with van der Waals surface area (Å²) in [7, 11) is 0. The molecule has 2 rings (SSSR count). The van der Waals surface area contributed by atoms with Gasteiger partial charge in [0.1, 0.15) is 5.82 Å². The average molecular weight is 453 g/mol. The molecule has 19 heavy (non-hydrogen) atoms. The summed E-state index contributed by atoms with van der Waals surface area (Å²) in [6, 6.07) is 6.52. The van der Waals surface area contributed by atoms with Gasteiger partial charge in [-0.3, -0.25) is 4.98 Å². The lowest BCUT2D eigenvalue weighted by Gasteiger charge is -2.14. The maximum Gasteiger partial charge on any atom is 0.137 e. The number of nitrogens with two attached hydrogens (primary N) is 1. The zero-order chi connectivity index (χ0) is 14.0. The van der Waals surface area contributed by atoms with Crippen molar-refractivity contribution in [1.82, 2.24) is 4.98 Å². The van der Waals surface area contributed by atoms with E-state index in [0.717, 1.165) is 20.2 Å². The maximum atomic E-state index is 13.4. The average Bonchev–Trinajstić information content (AvgIpc) is 2.34. The van der Waals surface area contributed by atoms with Crippen LogP contribution in [-0.2, 0) is 6.42 Å². The van der Waals surface area contributed by atoms with Gasteiger partial charge in [0.15, 0.2) is 0 Å². The van der Waals surface area contributed by atoms with E-state index in [1.807, 2.05) is 12.1 Å². The smallest absolute Gasteiger partial charge is 0.137 e. The van der Waals surface area contributed by atoms with E-state index in [2.05, 4.69) is 52.8 Å². The standard InChI is InChI=1S/C13H10Br3FN2/c14-8-5-9(15)13(19-6-8)11(18)4-7-2-1-3-10(17)12(7)16/h1-3,5-6,11H,4,18H2. The lowest BCUT2D eigenvalue weighted by atomic mass is 10.0. The second-order valence-electron chi connectivity index (χ2n) is 4.04. The van der Waals surface area contributed by atoms with Gasteiger partial charge in [0, 0.05) is 15.1 Å². The Bertz CT molecular complexity index is 604. The van der Waals surface area contributed by atoms with Gasteiger partial charge in [-0.05, 0) is 71.9 Å². The topological polar surface area (TPSA) is 38.9 Å². The van der Waals surface area contributed by atoms with Crippen LogP contribution in [0.15, 0.2) is 43.9 Å². The van der Waals surface area contributed by atoms with E-state index in [1.54, 1.807) is 12.3 Å². The van der Waals surface area contributed by atoms with Crippen LogP contribution in [0, 0.1) is 5.82 Å². The van der Waals surface area contributed by atoms with Crippen LogP contribution in [0.25, 0.3) is 0 Å². The van der Waals surface area contributed by atoms with Gasteiger partial charge < -0.3 is 5.73 Å². The van der Waals surface area contributed by atoms with Gasteiger partial charge in [0.25, 0.3) is 0 Å². The van der Waals surface area contributed by atoms with Crippen molar-refractivity contribution in [2.45, 2.75) is 12.5 Å². The summed E-state index contributed by atoms with van der Waals surface area (Å²) in [5.74, 6) is -0.285. The fourth-order valence-electron chi connectivity index (χ4n) is 1.74. The fraction of sp³-hybridized carbons (Fsp3) is 0.154. The Balaban J connectivity index is 2.25. The molecule has 6 heteroatoms. The van der Waals surface area contributed by atoms with Crippen LogP contribution in [0.2, 0.25) is 0 Å². The number of halogens is 4. The molecule has 0 saturated heterocycles. The van der Waals surface area contributed by atoms with Gasteiger partial charge in [0.05, 0.1) is 16.2 Å². The summed E-state index contributed by atoms with van der Waals surface area (Å²) < 4.78 is 15.6. The summed E-state index contributed by atoms with van der Waals surface area (Å²) in [5.41, 5.74) is 7.72. The van der Waals surface area contributed by atoms with Crippen LogP contribution in [-0.4, -0.2) is 4.98 Å². The third-order valence-corrected chi connectivity index (χ3v) is 4.62. The molecule has 1 heterocycles. The molecule has 2 N–H and O–H groups in total. The molecule has 2 aromatic rings. The number of aromatic nitrogens is 1. The molecule has 0 aliphatic rings. The number of pyridine rings is 1. The van der Waals surface area contributed by atoms with E-state index in [1.165, 1.54) is 6.07 Å². The van der Waals surface area contributed by atoms with E-state index >= 15 is 0 Å². The third kappa shape index (κ3) is 3.62. The summed E-state index contributed by atoms with van der Waals surface area (Å²) in [5, 5.41) is 0. The monoisotopic (exact) mass is 450 g/mol. The molecule has 1 unspecified atom stereocenters. The second kappa shape index (κ2) is 6.43. The molecule has 0 fully saturated rings. The van der Waals surface area contributed by atoms with Crippen LogP contribution in [0.1, 0.15) is 17.3 Å². The quantitative estimate of drug-likeness (QED) is 0.729. The molecule has 2 nitrogen and oxygen atoms in total. The van der Waals surface area contributed by atoms with Crippen LogP contribution in [0.5, 0.6) is 0 Å². The van der Waals surface area contributed by atoms with Crippen LogP contribution in [0.3, 0.4) is 0 Å². The highest BCUT2D eigenvalue weighted by molar-refractivity contribution is 9.11. The first kappa shape index (κ1) is 15.1. The Kier molecular flexibility index (Phi) is 5.11. The SMILES string of the molecule is NC(Cc1cccc(F)c1Br)c1ncc(Br)cc1Br. The van der Waals surface area contributed by atoms with Crippen molar-refractivity contribution in [3.05, 3.63) is 61.0 Å². The molecule has 0 aliphatic heterocycles. The van der Waals surface area contributed by atoms with Crippen molar-refractivity contribution in [2.75, 3.05) is 0 Å². The summed E-state index contributed by atoms with van der Waals surface area (Å²) in [6.45, 7) is 0. The Labute approximate surface area is 136 Å². The van der Waals surface area contributed by atoms with Gasteiger partial charge in [-0.2, -0.15) is 0 Å². The fourth-order valence-corrected chi connectivity index (χ4v) is 3.45. The lowest BCUT2D eigenvalue weighted by molar-refractivity contribution is 0.612. The molecule has 1 atom stereocenters. The summed E-state index contributed by atoms with van der Waals surface area (Å²) in [6.07, 6.45) is 2.20.